The van der Waals surface area contributed by atoms with Crippen LogP contribution in [-0.4, -0.2) is 65.8 Å². The van der Waals surface area contributed by atoms with Crippen LogP contribution in [0.1, 0.15) is 13.8 Å². The molecular formula is C11H19F3N2O2. The lowest BCUT2D eigenvalue weighted by Crippen LogP contribution is -2.53. The van der Waals surface area contributed by atoms with Gasteiger partial charge in [-0.3, -0.25) is 14.6 Å². The molecule has 1 heterocycles. The van der Waals surface area contributed by atoms with Crippen LogP contribution in [-0.2, 0) is 4.79 Å². The molecule has 0 aromatic rings. The summed E-state index contributed by atoms with van der Waals surface area (Å²) in [6.45, 7) is 4.16. The SMILES string of the molecule is CC(C(=O)O)C(C)N1CCN(CC(F)(F)F)CC1. The number of carboxylic acid groups (broad SMARTS) is 1. The molecule has 1 N–H and O–H groups in total. The van der Waals surface area contributed by atoms with E-state index in [2.05, 4.69) is 0 Å². The first-order chi connectivity index (χ1) is 8.20. The predicted octanol–water partition coefficient (Wildman–Crippen LogP) is 1.28. The first-order valence-corrected chi connectivity index (χ1v) is 5.96. The van der Waals surface area contributed by atoms with Crippen LogP contribution >= 0.6 is 0 Å². The van der Waals surface area contributed by atoms with Gasteiger partial charge in [0.25, 0.3) is 0 Å². The van der Waals surface area contributed by atoms with Crippen LogP contribution in [0.2, 0.25) is 0 Å². The van der Waals surface area contributed by atoms with Crippen molar-refractivity contribution in [1.82, 2.24) is 9.80 Å². The van der Waals surface area contributed by atoms with E-state index in [4.69, 9.17) is 5.11 Å². The minimum absolute atomic E-state index is 0.157. The minimum atomic E-state index is -4.16. The number of nitrogens with zero attached hydrogens (tertiary/aromatic N) is 2. The molecule has 0 aromatic heterocycles. The molecule has 7 heteroatoms. The lowest BCUT2D eigenvalue weighted by Gasteiger charge is -2.39. The molecule has 1 saturated heterocycles. The van der Waals surface area contributed by atoms with Crippen molar-refractivity contribution in [1.29, 1.82) is 0 Å². The summed E-state index contributed by atoms with van der Waals surface area (Å²) in [4.78, 5) is 14.1. The van der Waals surface area contributed by atoms with Crippen molar-refractivity contribution >= 4 is 5.97 Å². The Balaban J connectivity index is 2.42. The maximum atomic E-state index is 12.2. The fraction of sp³-hybridized carbons (Fsp3) is 0.909. The fourth-order valence-corrected chi connectivity index (χ4v) is 2.10. The summed E-state index contributed by atoms with van der Waals surface area (Å²) in [7, 11) is 0. The highest BCUT2D eigenvalue weighted by atomic mass is 19.4. The molecule has 0 aromatic carbocycles. The smallest absolute Gasteiger partial charge is 0.401 e. The zero-order valence-corrected chi connectivity index (χ0v) is 10.6. The van der Waals surface area contributed by atoms with Gasteiger partial charge in [0, 0.05) is 32.2 Å². The molecule has 1 aliphatic rings. The number of carbonyl (C=O) groups is 1. The molecule has 0 saturated carbocycles. The van der Waals surface area contributed by atoms with Crippen LogP contribution in [0.25, 0.3) is 0 Å². The Bertz CT molecular complexity index is 289. The summed E-state index contributed by atoms with van der Waals surface area (Å²) in [6, 6.07) is -0.157. The summed E-state index contributed by atoms with van der Waals surface area (Å²) in [5, 5.41) is 8.90. The van der Waals surface area contributed by atoms with Crippen LogP contribution in [0.3, 0.4) is 0 Å². The van der Waals surface area contributed by atoms with E-state index in [0.717, 1.165) is 0 Å². The number of halogens is 3. The van der Waals surface area contributed by atoms with Gasteiger partial charge >= 0.3 is 12.1 Å². The second kappa shape index (κ2) is 5.88. The summed E-state index contributed by atoms with van der Waals surface area (Å²) < 4.78 is 36.6. The molecule has 0 aliphatic carbocycles. The Morgan fingerprint density at radius 3 is 2.11 bits per heavy atom. The van der Waals surface area contributed by atoms with Crippen LogP contribution in [0.4, 0.5) is 13.2 Å². The van der Waals surface area contributed by atoms with Gasteiger partial charge in [0.2, 0.25) is 0 Å². The van der Waals surface area contributed by atoms with E-state index >= 15 is 0 Å². The maximum Gasteiger partial charge on any atom is 0.401 e. The molecule has 4 nitrogen and oxygen atoms in total. The van der Waals surface area contributed by atoms with Gasteiger partial charge in [-0.05, 0) is 6.92 Å². The highest BCUT2D eigenvalue weighted by molar-refractivity contribution is 5.70. The second-order valence-electron chi connectivity index (χ2n) is 4.79. The lowest BCUT2D eigenvalue weighted by molar-refractivity contribution is -0.151. The van der Waals surface area contributed by atoms with Crippen molar-refractivity contribution in [3.8, 4) is 0 Å². The molecule has 1 aliphatic heterocycles. The molecule has 18 heavy (non-hydrogen) atoms. The predicted molar refractivity (Wildman–Crippen MR) is 60.3 cm³/mol. The number of hydrogen-bond donors (Lipinski definition) is 1. The summed E-state index contributed by atoms with van der Waals surface area (Å²) in [5.41, 5.74) is 0. The van der Waals surface area contributed by atoms with Crippen LogP contribution < -0.4 is 0 Å². The third-order valence-corrected chi connectivity index (χ3v) is 3.50. The molecule has 0 amide bonds. The average molecular weight is 268 g/mol. The molecule has 1 rings (SSSR count). The molecule has 2 unspecified atom stereocenters. The third kappa shape index (κ3) is 4.45. The first-order valence-electron chi connectivity index (χ1n) is 5.96. The Hall–Kier alpha value is -0.820. The van der Waals surface area contributed by atoms with E-state index in [-0.39, 0.29) is 6.04 Å². The van der Waals surface area contributed by atoms with Crippen molar-refractivity contribution in [2.45, 2.75) is 26.1 Å². The Morgan fingerprint density at radius 1 is 1.22 bits per heavy atom. The molecule has 2 atom stereocenters. The topological polar surface area (TPSA) is 43.8 Å². The monoisotopic (exact) mass is 268 g/mol. The van der Waals surface area contributed by atoms with Crippen molar-refractivity contribution < 1.29 is 23.1 Å². The zero-order valence-electron chi connectivity index (χ0n) is 10.6. The highest BCUT2D eigenvalue weighted by Gasteiger charge is 2.34. The standard InChI is InChI=1S/C11H19F3N2O2/c1-8(10(17)18)9(2)16-5-3-15(4-6-16)7-11(12,13)14/h8-9H,3-7H2,1-2H3,(H,17,18). The van der Waals surface area contributed by atoms with Gasteiger partial charge in [0.05, 0.1) is 12.5 Å². The molecule has 0 bridgehead atoms. The van der Waals surface area contributed by atoms with Gasteiger partial charge in [0.15, 0.2) is 0 Å². The molecule has 1 fully saturated rings. The molecule has 0 radical (unpaired) electrons. The normalized spacial score (nSPS) is 22.7. The summed E-state index contributed by atoms with van der Waals surface area (Å²) >= 11 is 0. The summed E-state index contributed by atoms with van der Waals surface area (Å²) in [5.74, 6) is -1.39. The number of carboxylic acids is 1. The van der Waals surface area contributed by atoms with Gasteiger partial charge in [0.1, 0.15) is 0 Å². The molecular weight excluding hydrogens is 249 g/mol. The van der Waals surface area contributed by atoms with Crippen LogP contribution in [0.5, 0.6) is 0 Å². The molecule has 106 valence electrons. The van der Waals surface area contributed by atoms with Gasteiger partial charge < -0.3 is 5.11 Å². The van der Waals surface area contributed by atoms with Crippen LogP contribution in [0, 0.1) is 5.92 Å². The lowest BCUT2D eigenvalue weighted by atomic mass is 10.0. The van der Waals surface area contributed by atoms with E-state index in [1.165, 1.54) is 4.90 Å². The maximum absolute atomic E-state index is 12.2. The van der Waals surface area contributed by atoms with Crippen molar-refractivity contribution in [3.63, 3.8) is 0 Å². The first kappa shape index (κ1) is 15.2. The number of piperazine rings is 1. The van der Waals surface area contributed by atoms with Gasteiger partial charge in [-0.15, -0.1) is 0 Å². The largest absolute Gasteiger partial charge is 0.481 e. The van der Waals surface area contributed by atoms with E-state index in [1.807, 2.05) is 4.90 Å². The zero-order chi connectivity index (χ0) is 13.9. The third-order valence-electron chi connectivity index (χ3n) is 3.50. The van der Waals surface area contributed by atoms with E-state index in [0.29, 0.717) is 26.2 Å². The van der Waals surface area contributed by atoms with Gasteiger partial charge in [-0.25, -0.2) is 0 Å². The fourth-order valence-electron chi connectivity index (χ4n) is 2.10. The number of alkyl halides is 3. The Morgan fingerprint density at radius 2 is 1.72 bits per heavy atom. The molecule has 0 spiro atoms. The van der Waals surface area contributed by atoms with Crippen LogP contribution in [0.15, 0.2) is 0 Å². The minimum Gasteiger partial charge on any atom is -0.481 e. The van der Waals surface area contributed by atoms with E-state index < -0.39 is 24.6 Å². The van der Waals surface area contributed by atoms with Crippen molar-refractivity contribution in [2.75, 3.05) is 32.7 Å². The van der Waals surface area contributed by atoms with Crippen molar-refractivity contribution in [3.05, 3.63) is 0 Å². The van der Waals surface area contributed by atoms with Gasteiger partial charge in [-0.1, -0.05) is 6.92 Å². The Labute approximate surface area is 104 Å². The second-order valence-corrected chi connectivity index (χ2v) is 4.79. The van der Waals surface area contributed by atoms with E-state index in [9.17, 15) is 18.0 Å². The highest BCUT2D eigenvalue weighted by Crippen LogP contribution is 2.19. The van der Waals surface area contributed by atoms with Crippen molar-refractivity contribution in [2.24, 2.45) is 5.92 Å². The number of aliphatic carboxylic acids is 1. The Kier molecular flexibility index (Phi) is 4.98. The van der Waals surface area contributed by atoms with Gasteiger partial charge in [-0.2, -0.15) is 13.2 Å². The number of hydrogen-bond acceptors (Lipinski definition) is 3. The van der Waals surface area contributed by atoms with E-state index in [1.54, 1.807) is 13.8 Å². The quantitative estimate of drug-likeness (QED) is 0.834. The number of rotatable bonds is 4. The summed E-state index contributed by atoms with van der Waals surface area (Å²) in [6.07, 6.45) is -4.16. The average Bonchev–Trinajstić information content (AvgIpc) is 2.26.